The number of hydrogen-bond donors (Lipinski definition) is 1. The van der Waals surface area contributed by atoms with Gasteiger partial charge in [0.05, 0.1) is 0 Å². The van der Waals surface area contributed by atoms with Crippen LogP contribution in [0.1, 0.15) is 0 Å². The third-order valence-corrected chi connectivity index (χ3v) is 1.43. The van der Waals surface area contributed by atoms with Crippen molar-refractivity contribution in [2.75, 3.05) is 12.4 Å². The van der Waals surface area contributed by atoms with Crippen molar-refractivity contribution in [1.82, 2.24) is 19.6 Å². The summed E-state index contributed by atoms with van der Waals surface area (Å²) in [6.45, 7) is 0. The van der Waals surface area contributed by atoms with Gasteiger partial charge in [0.1, 0.15) is 6.33 Å². The highest BCUT2D eigenvalue weighted by atomic mass is 15.3. The molecule has 1 N–H and O–H groups in total. The predicted octanol–water partition coefficient (Wildman–Crippen LogP) is 0.166. The molecule has 0 saturated carbocycles. The molecule has 2 rings (SSSR count). The standard InChI is InChI=1S/C6H7N5/c1-7-5-6-8-2-3-11(6)10-4-9-5/h2-4H,1H3,(H,7,9,10). The number of nitrogens with zero attached hydrogens (tertiary/aromatic N) is 4. The first-order chi connectivity index (χ1) is 5.42. The zero-order chi connectivity index (χ0) is 7.68. The lowest BCUT2D eigenvalue weighted by Crippen LogP contribution is -1.99. The summed E-state index contributed by atoms with van der Waals surface area (Å²) in [5, 5.41) is 6.87. The van der Waals surface area contributed by atoms with Crippen molar-refractivity contribution in [2.45, 2.75) is 0 Å². The first-order valence-electron chi connectivity index (χ1n) is 3.24. The lowest BCUT2D eigenvalue weighted by molar-refractivity contribution is 0.899. The van der Waals surface area contributed by atoms with E-state index in [4.69, 9.17) is 0 Å². The van der Waals surface area contributed by atoms with Gasteiger partial charge in [-0.15, -0.1) is 0 Å². The van der Waals surface area contributed by atoms with Gasteiger partial charge in [-0.2, -0.15) is 5.10 Å². The van der Waals surface area contributed by atoms with Crippen molar-refractivity contribution < 1.29 is 0 Å². The molecular weight excluding hydrogens is 142 g/mol. The molecule has 0 aliphatic rings. The Morgan fingerprint density at radius 1 is 1.45 bits per heavy atom. The maximum Gasteiger partial charge on any atom is 0.196 e. The van der Waals surface area contributed by atoms with Gasteiger partial charge in [-0.3, -0.25) is 0 Å². The van der Waals surface area contributed by atoms with Crippen LogP contribution in [0.5, 0.6) is 0 Å². The number of hydrogen-bond acceptors (Lipinski definition) is 4. The van der Waals surface area contributed by atoms with E-state index in [1.54, 1.807) is 24.0 Å². The first kappa shape index (κ1) is 6.09. The van der Waals surface area contributed by atoms with Crippen molar-refractivity contribution >= 4 is 11.5 Å². The van der Waals surface area contributed by atoms with E-state index in [1.165, 1.54) is 6.33 Å². The van der Waals surface area contributed by atoms with Gasteiger partial charge in [-0.05, 0) is 0 Å². The maximum absolute atomic E-state index is 4.06. The highest BCUT2D eigenvalue weighted by Crippen LogP contribution is 2.06. The zero-order valence-electron chi connectivity index (χ0n) is 6.02. The smallest absolute Gasteiger partial charge is 0.196 e. The van der Waals surface area contributed by atoms with Crippen LogP contribution < -0.4 is 5.32 Å². The molecule has 0 atom stereocenters. The Bertz CT molecular complexity index is 366. The van der Waals surface area contributed by atoms with E-state index < -0.39 is 0 Å². The fourth-order valence-corrected chi connectivity index (χ4v) is 0.933. The summed E-state index contributed by atoms with van der Waals surface area (Å²) in [6.07, 6.45) is 4.95. The van der Waals surface area contributed by atoms with Crippen molar-refractivity contribution in [3.05, 3.63) is 18.7 Å². The fourth-order valence-electron chi connectivity index (χ4n) is 0.933. The quantitative estimate of drug-likeness (QED) is 0.627. The molecule has 5 nitrogen and oxygen atoms in total. The number of nitrogens with one attached hydrogen (secondary N) is 1. The van der Waals surface area contributed by atoms with Crippen LogP contribution in [-0.4, -0.2) is 26.6 Å². The lowest BCUT2D eigenvalue weighted by atomic mass is 10.6. The predicted molar refractivity (Wildman–Crippen MR) is 40.3 cm³/mol. The van der Waals surface area contributed by atoms with Crippen LogP contribution in [-0.2, 0) is 0 Å². The molecule has 0 bridgehead atoms. The van der Waals surface area contributed by atoms with Gasteiger partial charge in [-0.1, -0.05) is 0 Å². The number of fused-ring (bicyclic) bond motifs is 1. The maximum atomic E-state index is 4.06. The number of imidazole rings is 1. The van der Waals surface area contributed by atoms with Gasteiger partial charge < -0.3 is 5.32 Å². The fraction of sp³-hybridized carbons (Fsp3) is 0.167. The Balaban J connectivity index is 2.79. The molecule has 11 heavy (non-hydrogen) atoms. The van der Waals surface area contributed by atoms with Crippen LogP contribution in [0, 0.1) is 0 Å². The van der Waals surface area contributed by atoms with Crippen molar-refractivity contribution in [3.63, 3.8) is 0 Å². The summed E-state index contributed by atoms with van der Waals surface area (Å²) >= 11 is 0. The molecule has 0 aromatic carbocycles. The average molecular weight is 149 g/mol. The van der Waals surface area contributed by atoms with Crippen LogP contribution in [0.2, 0.25) is 0 Å². The van der Waals surface area contributed by atoms with Gasteiger partial charge >= 0.3 is 0 Å². The second-order valence-corrected chi connectivity index (χ2v) is 2.05. The lowest BCUT2D eigenvalue weighted by Gasteiger charge is -1.97. The van der Waals surface area contributed by atoms with Crippen LogP contribution in [0.3, 0.4) is 0 Å². The van der Waals surface area contributed by atoms with Gasteiger partial charge in [0.25, 0.3) is 0 Å². The van der Waals surface area contributed by atoms with Crippen LogP contribution in [0.15, 0.2) is 18.7 Å². The first-order valence-corrected chi connectivity index (χ1v) is 3.24. The second kappa shape index (κ2) is 2.19. The molecule has 0 aliphatic heterocycles. The summed E-state index contributed by atoms with van der Waals surface area (Å²) in [7, 11) is 1.80. The van der Waals surface area contributed by atoms with E-state index in [2.05, 4.69) is 20.4 Å². The van der Waals surface area contributed by atoms with E-state index in [-0.39, 0.29) is 0 Å². The van der Waals surface area contributed by atoms with E-state index >= 15 is 0 Å². The largest absolute Gasteiger partial charge is 0.370 e. The molecule has 0 unspecified atom stereocenters. The average Bonchev–Trinajstić information content (AvgIpc) is 2.50. The Labute approximate surface area is 63.1 Å². The third-order valence-electron chi connectivity index (χ3n) is 1.43. The molecule has 2 aromatic heterocycles. The monoisotopic (exact) mass is 149 g/mol. The van der Waals surface area contributed by atoms with Gasteiger partial charge in [0, 0.05) is 19.4 Å². The minimum Gasteiger partial charge on any atom is -0.370 e. The molecule has 0 fully saturated rings. The van der Waals surface area contributed by atoms with E-state index in [1.807, 2.05) is 0 Å². The van der Waals surface area contributed by atoms with E-state index in [9.17, 15) is 0 Å². The van der Waals surface area contributed by atoms with Gasteiger partial charge in [-0.25, -0.2) is 14.5 Å². The van der Waals surface area contributed by atoms with Gasteiger partial charge in [0.2, 0.25) is 0 Å². The summed E-state index contributed by atoms with van der Waals surface area (Å²) < 4.78 is 1.67. The molecule has 2 heterocycles. The van der Waals surface area contributed by atoms with Crippen molar-refractivity contribution in [1.29, 1.82) is 0 Å². The van der Waals surface area contributed by atoms with Crippen LogP contribution >= 0.6 is 0 Å². The van der Waals surface area contributed by atoms with Crippen molar-refractivity contribution in [2.24, 2.45) is 0 Å². The Morgan fingerprint density at radius 2 is 2.36 bits per heavy atom. The summed E-state index contributed by atoms with van der Waals surface area (Å²) in [5.41, 5.74) is 0.745. The summed E-state index contributed by atoms with van der Waals surface area (Å²) in [4.78, 5) is 8.06. The molecule has 0 amide bonds. The summed E-state index contributed by atoms with van der Waals surface area (Å²) in [6, 6.07) is 0. The number of anilines is 1. The highest BCUT2D eigenvalue weighted by Gasteiger charge is 1.99. The molecule has 2 aromatic rings. The molecule has 56 valence electrons. The van der Waals surface area contributed by atoms with E-state index in [0.29, 0.717) is 0 Å². The Morgan fingerprint density at radius 3 is 3.18 bits per heavy atom. The normalized spacial score (nSPS) is 10.3. The number of aromatic nitrogens is 4. The van der Waals surface area contributed by atoms with Crippen LogP contribution in [0.4, 0.5) is 5.82 Å². The Kier molecular flexibility index (Phi) is 1.21. The molecular formula is C6H7N5. The minimum absolute atomic E-state index is 0.741. The Hall–Kier alpha value is -1.65. The van der Waals surface area contributed by atoms with Crippen molar-refractivity contribution in [3.8, 4) is 0 Å². The molecule has 0 radical (unpaired) electrons. The molecule has 0 aliphatic carbocycles. The third kappa shape index (κ3) is 0.813. The van der Waals surface area contributed by atoms with Gasteiger partial charge in [0.15, 0.2) is 11.5 Å². The molecule has 0 spiro atoms. The summed E-state index contributed by atoms with van der Waals surface area (Å²) in [5.74, 6) is 0.741. The topological polar surface area (TPSA) is 55.1 Å². The SMILES string of the molecule is CNc1ncnn2ccnc12. The van der Waals surface area contributed by atoms with Crippen LogP contribution in [0.25, 0.3) is 5.65 Å². The molecule has 0 saturated heterocycles. The zero-order valence-corrected chi connectivity index (χ0v) is 6.02. The second-order valence-electron chi connectivity index (χ2n) is 2.05. The number of rotatable bonds is 1. The molecule has 5 heteroatoms. The van der Waals surface area contributed by atoms with E-state index in [0.717, 1.165) is 11.5 Å². The minimum atomic E-state index is 0.741. The highest BCUT2D eigenvalue weighted by molar-refractivity contribution is 5.60.